The Labute approximate surface area is 187 Å². The maximum Gasteiger partial charge on any atom is 0.269 e. The van der Waals surface area contributed by atoms with Crippen molar-refractivity contribution in [3.63, 3.8) is 0 Å². The van der Waals surface area contributed by atoms with Crippen LogP contribution in [0.15, 0.2) is 48.5 Å². The number of non-ortho nitro benzene ring substituents is 1. The highest BCUT2D eigenvalue weighted by molar-refractivity contribution is 5.94. The van der Waals surface area contributed by atoms with Crippen LogP contribution in [0.25, 0.3) is 0 Å². The molecule has 0 radical (unpaired) electrons. The minimum absolute atomic E-state index is 0.0205. The predicted octanol–water partition coefficient (Wildman–Crippen LogP) is 2.58. The molecule has 2 heterocycles. The van der Waals surface area contributed by atoms with Crippen molar-refractivity contribution in [1.29, 1.82) is 0 Å². The Hall–Kier alpha value is -3.17. The fourth-order valence-electron chi connectivity index (χ4n) is 4.14. The molecule has 0 aromatic heterocycles. The lowest BCUT2D eigenvalue weighted by Crippen LogP contribution is -2.52. The Morgan fingerprint density at radius 3 is 2.00 bits per heavy atom. The summed E-state index contributed by atoms with van der Waals surface area (Å²) >= 11 is 0. The fourth-order valence-corrected chi connectivity index (χ4v) is 4.14. The number of nitrogens with zero attached hydrogens (tertiary/aromatic N) is 4. The summed E-state index contributed by atoms with van der Waals surface area (Å²) in [6, 6.07) is 14.3. The third-order valence-corrected chi connectivity index (χ3v) is 6.18. The number of nitro benzene ring substituents is 1. The van der Waals surface area contributed by atoms with Crippen LogP contribution < -0.4 is 15.1 Å². The van der Waals surface area contributed by atoms with Gasteiger partial charge in [-0.15, -0.1) is 0 Å². The van der Waals surface area contributed by atoms with Gasteiger partial charge in [0.25, 0.3) is 5.69 Å². The van der Waals surface area contributed by atoms with E-state index in [1.807, 2.05) is 31.2 Å². The van der Waals surface area contributed by atoms with Gasteiger partial charge in [-0.05, 0) is 43.3 Å². The summed E-state index contributed by atoms with van der Waals surface area (Å²) in [5.41, 5.74) is 2.99. The second-order valence-electron chi connectivity index (χ2n) is 8.11. The van der Waals surface area contributed by atoms with E-state index in [1.165, 1.54) is 12.1 Å². The van der Waals surface area contributed by atoms with E-state index in [0.717, 1.165) is 69.5 Å². The number of hydrogen-bond donors (Lipinski definition) is 1. The second kappa shape index (κ2) is 9.97. The Kier molecular flexibility index (Phi) is 6.87. The first-order valence-corrected chi connectivity index (χ1v) is 11.0. The molecule has 1 unspecified atom stereocenters. The van der Waals surface area contributed by atoms with Crippen molar-refractivity contribution in [1.82, 2.24) is 4.90 Å². The molecule has 2 fully saturated rings. The van der Waals surface area contributed by atoms with Gasteiger partial charge in [-0.2, -0.15) is 0 Å². The molecule has 32 heavy (non-hydrogen) atoms. The van der Waals surface area contributed by atoms with Crippen LogP contribution in [0.3, 0.4) is 0 Å². The van der Waals surface area contributed by atoms with Crippen LogP contribution in [-0.2, 0) is 9.53 Å². The van der Waals surface area contributed by atoms with Crippen molar-refractivity contribution in [2.24, 2.45) is 0 Å². The standard InChI is InChI=1S/C23H29N5O4/c1-18(23(29)24-19-2-4-20(5-3-19)27-14-16-32-17-15-27)25-10-12-26(13-11-25)21-6-8-22(9-7-21)28(30)31/h2-9,18H,10-17H2,1H3,(H,24,29). The van der Waals surface area contributed by atoms with Crippen molar-refractivity contribution in [2.75, 3.05) is 67.6 Å². The molecular formula is C23H29N5O4. The molecule has 9 nitrogen and oxygen atoms in total. The van der Waals surface area contributed by atoms with Gasteiger partial charge >= 0.3 is 0 Å². The summed E-state index contributed by atoms with van der Waals surface area (Å²) in [5, 5.41) is 13.9. The summed E-state index contributed by atoms with van der Waals surface area (Å²) in [6.07, 6.45) is 0. The minimum atomic E-state index is -0.391. The molecule has 4 rings (SSSR count). The maximum atomic E-state index is 12.8. The molecule has 1 amide bonds. The van der Waals surface area contributed by atoms with Crippen LogP contribution in [0.2, 0.25) is 0 Å². The van der Waals surface area contributed by atoms with Gasteiger partial charge in [-0.3, -0.25) is 19.8 Å². The molecular weight excluding hydrogens is 410 g/mol. The molecule has 2 aromatic carbocycles. The highest BCUT2D eigenvalue weighted by Gasteiger charge is 2.26. The highest BCUT2D eigenvalue weighted by Crippen LogP contribution is 2.22. The number of piperazine rings is 1. The average molecular weight is 440 g/mol. The molecule has 1 atom stereocenters. The average Bonchev–Trinajstić information content (AvgIpc) is 2.85. The molecule has 170 valence electrons. The van der Waals surface area contributed by atoms with E-state index in [0.29, 0.717) is 0 Å². The summed E-state index contributed by atoms with van der Waals surface area (Å²) in [4.78, 5) is 29.9. The maximum absolute atomic E-state index is 12.8. The molecule has 0 aliphatic carbocycles. The second-order valence-corrected chi connectivity index (χ2v) is 8.11. The summed E-state index contributed by atoms with van der Waals surface area (Å²) in [6.45, 7) is 8.22. The zero-order chi connectivity index (χ0) is 22.5. The van der Waals surface area contributed by atoms with Gasteiger partial charge < -0.3 is 19.9 Å². The number of hydrogen-bond acceptors (Lipinski definition) is 7. The van der Waals surface area contributed by atoms with E-state index >= 15 is 0 Å². The molecule has 2 aliphatic rings. The van der Waals surface area contributed by atoms with Crippen molar-refractivity contribution in [2.45, 2.75) is 13.0 Å². The van der Waals surface area contributed by atoms with Gasteiger partial charge in [0.2, 0.25) is 5.91 Å². The molecule has 2 aromatic rings. The number of ether oxygens (including phenoxy) is 1. The first kappa shape index (κ1) is 22.0. The van der Waals surface area contributed by atoms with Crippen LogP contribution in [-0.4, -0.2) is 74.3 Å². The Morgan fingerprint density at radius 1 is 0.906 bits per heavy atom. The summed E-state index contributed by atoms with van der Waals surface area (Å²) in [7, 11) is 0. The first-order chi connectivity index (χ1) is 15.5. The van der Waals surface area contributed by atoms with Crippen LogP contribution in [0, 0.1) is 10.1 Å². The zero-order valence-corrected chi connectivity index (χ0v) is 18.3. The third-order valence-electron chi connectivity index (χ3n) is 6.18. The number of amides is 1. The van der Waals surface area contributed by atoms with E-state index < -0.39 is 4.92 Å². The SMILES string of the molecule is CC(C(=O)Nc1ccc(N2CCOCC2)cc1)N1CCN(c2ccc([N+](=O)[O-])cc2)CC1. The van der Waals surface area contributed by atoms with E-state index in [9.17, 15) is 14.9 Å². The van der Waals surface area contributed by atoms with Crippen LogP contribution in [0.5, 0.6) is 0 Å². The number of carbonyl (C=O) groups is 1. The van der Waals surface area contributed by atoms with Gasteiger partial charge in [-0.25, -0.2) is 0 Å². The number of carbonyl (C=O) groups excluding carboxylic acids is 1. The molecule has 0 bridgehead atoms. The first-order valence-electron chi connectivity index (χ1n) is 11.0. The van der Waals surface area contributed by atoms with E-state index in [-0.39, 0.29) is 17.6 Å². The van der Waals surface area contributed by atoms with Crippen molar-refractivity contribution in [3.8, 4) is 0 Å². The van der Waals surface area contributed by atoms with Crippen LogP contribution in [0.1, 0.15) is 6.92 Å². The Morgan fingerprint density at radius 2 is 1.44 bits per heavy atom. The van der Waals surface area contributed by atoms with Crippen molar-refractivity contribution < 1.29 is 14.5 Å². The zero-order valence-electron chi connectivity index (χ0n) is 18.3. The lowest BCUT2D eigenvalue weighted by atomic mass is 10.2. The van der Waals surface area contributed by atoms with Crippen molar-refractivity contribution in [3.05, 3.63) is 58.6 Å². The molecule has 2 aliphatic heterocycles. The topological polar surface area (TPSA) is 91.2 Å². The quantitative estimate of drug-likeness (QED) is 0.546. The molecule has 0 saturated carbocycles. The smallest absolute Gasteiger partial charge is 0.269 e. The van der Waals surface area contributed by atoms with Crippen molar-refractivity contribution >= 4 is 28.7 Å². The third kappa shape index (κ3) is 5.17. The van der Waals surface area contributed by atoms with Gasteiger partial charge in [0.05, 0.1) is 24.2 Å². The highest BCUT2D eigenvalue weighted by atomic mass is 16.6. The lowest BCUT2D eigenvalue weighted by molar-refractivity contribution is -0.384. The van der Waals surface area contributed by atoms with Crippen LogP contribution >= 0.6 is 0 Å². The van der Waals surface area contributed by atoms with E-state index in [4.69, 9.17) is 4.74 Å². The number of benzene rings is 2. The summed E-state index contributed by atoms with van der Waals surface area (Å²) in [5.74, 6) is -0.0205. The molecule has 1 N–H and O–H groups in total. The number of morpholine rings is 1. The van der Waals surface area contributed by atoms with Gasteiger partial charge in [0, 0.05) is 68.5 Å². The monoisotopic (exact) mass is 439 g/mol. The predicted molar refractivity (Wildman–Crippen MR) is 124 cm³/mol. The number of nitrogens with one attached hydrogen (secondary N) is 1. The van der Waals surface area contributed by atoms with E-state index in [1.54, 1.807) is 12.1 Å². The minimum Gasteiger partial charge on any atom is -0.378 e. The lowest BCUT2D eigenvalue weighted by Gasteiger charge is -2.38. The molecule has 2 saturated heterocycles. The van der Waals surface area contributed by atoms with Crippen LogP contribution in [0.4, 0.5) is 22.7 Å². The molecule has 0 spiro atoms. The Balaban J connectivity index is 1.27. The Bertz CT molecular complexity index is 920. The van der Waals surface area contributed by atoms with Gasteiger partial charge in [0.15, 0.2) is 0 Å². The van der Waals surface area contributed by atoms with Gasteiger partial charge in [-0.1, -0.05) is 0 Å². The largest absolute Gasteiger partial charge is 0.378 e. The van der Waals surface area contributed by atoms with E-state index in [2.05, 4.69) is 20.0 Å². The number of anilines is 3. The number of nitro groups is 1. The molecule has 9 heteroatoms. The number of rotatable bonds is 6. The fraction of sp³-hybridized carbons (Fsp3) is 0.435. The normalized spacial score (nSPS) is 18.3. The van der Waals surface area contributed by atoms with Gasteiger partial charge in [0.1, 0.15) is 0 Å². The summed E-state index contributed by atoms with van der Waals surface area (Å²) < 4.78 is 5.40.